The van der Waals surface area contributed by atoms with Gasteiger partial charge in [0.2, 0.25) is 21.8 Å². The molecule has 0 aromatic heterocycles. The molecule has 1 unspecified atom stereocenters. The lowest BCUT2D eigenvalue weighted by molar-refractivity contribution is -0.140. The number of benzene rings is 2. The first kappa shape index (κ1) is 28.7. The Kier molecular flexibility index (Phi) is 9.73. The van der Waals surface area contributed by atoms with E-state index in [2.05, 4.69) is 5.32 Å². The standard InChI is InChI=1S/C27H34ClN3O5S/c1-4-25(27(34)29-22-12-6-7-13-22)30(17-21-10-5-8-15-24(21)28)26(33)18-31(37(3,35)36)23-14-9-11-20(16-23)19(2)32/h5,8-11,14-16,22,25H,4,6-7,12-13,17-18H2,1-3H3,(H,29,34). The van der Waals surface area contributed by atoms with Crippen LogP contribution < -0.4 is 9.62 Å². The number of rotatable bonds is 11. The first-order valence-electron chi connectivity index (χ1n) is 12.4. The molecule has 2 aromatic carbocycles. The number of amides is 2. The van der Waals surface area contributed by atoms with Crippen molar-refractivity contribution in [1.29, 1.82) is 0 Å². The van der Waals surface area contributed by atoms with Gasteiger partial charge in [0, 0.05) is 23.2 Å². The fourth-order valence-electron chi connectivity index (χ4n) is 4.59. The summed E-state index contributed by atoms with van der Waals surface area (Å²) >= 11 is 6.38. The molecule has 2 aromatic rings. The predicted molar refractivity (Wildman–Crippen MR) is 145 cm³/mol. The summed E-state index contributed by atoms with van der Waals surface area (Å²) < 4.78 is 26.5. The molecule has 0 heterocycles. The van der Waals surface area contributed by atoms with Crippen LogP contribution in [0.5, 0.6) is 0 Å². The molecule has 0 saturated heterocycles. The monoisotopic (exact) mass is 547 g/mol. The molecule has 0 aliphatic heterocycles. The molecule has 0 radical (unpaired) electrons. The van der Waals surface area contributed by atoms with Gasteiger partial charge in [-0.3, -0.25) is 18.7 Å². The Morgan fingerprint density at radius 2 is 1.76 bits per heavy atom. The van der Waals surface area contributed by atoms with E-state index in [4.69, 9.17) is 11.6 Å². The van der Waals surface area contributed by atoms with E-state index in [1.54, 1.807) is 36.4 Å². The lowest BCUT2D eigenvalue weighted by Gasteiger charge is -2.33. The zero-order chi connectivity index (χ0) is 27.2. The normalized spacial score (nSPS) is 14.7. The SMILES string of the molecule is CCC(C(=O)NC1CCCC1)N(Cc1ccccc1Cl)C(=O)CN(c1cccc(C(C)=O)c1)S(C)(=O)=O. The maximum absolute atomic E-state index is 13.8. The van der Waals surface area contributed by atoms with E-state index in [1.165, 1.54) is 24.0 Å². The summed E-state index contributed by atoms with van der Waals surface area (Å²) in [5, 5.41) is 3.51. The third-order valence-electron chi connectivity index (χ3n) is 6.61. The second-order valence-electron chi connectivity index (χ2n) is 9.40. The number of Topliss-reactive ketones (excluding diaryl/α,β-unsaturated/α-hetero) is 1. The summed E-state index contributed by atoms with van der Waals surface area (Å²) in [6, 6.07) is 12.4. The molecule has 1 saturated carbocycles. The molecule has 1 fully saturated rings. The molecule has 37 heavy (non-hydrogen) atoms. The third kappa shape index (κ3) is 7.55. The van der Waals surface area contributed by atoms with Crippen molar-refractivity contribution in [3.63, 3.8) is 0 Å². The fraction of sp³-hybridized carbons (Fsp3) is 0.444. The molecule has 10 heteroatoms. The Hall–Kier alpha value is -2.91. The van der Waals surface area contributed by atoms with E-state index in [1.807, 2.05) is 6.92 Å². The summed E-state index contributed by atoms with van der Waals surface area (Å²) in [7, 11) is -3.89. The van der Waals surface area contributed by atoms with Crippen molar-refractivity contribution in [2.45, 2.75) is 64.6 Å². The van der Waals surface area contributed by atoms with Crippen LogP contribution in [-0.4, -0.2) is 55.8 Å². The topological polar surface area (TPSA) is 104 Å². The number of carbonyl (C=O) groups is 3. The summed E-state index contributed by atoms with van der Waals surface area (Å²) in [6.07, 6.45) is 5.24. The van der Waals surface area contributed by atoms with Gasteiger partial charge in [-0.2, -0.15) is 0 Å². The van der Waals surface area contributed by atoms with Gasteiger partial charge < -0.3 is 10.2 Å². The Labute approximate surface area is 224 Å². The first-order chi connectivity index (χ1) is 17.5. The van der Waals surface area contributed by atoms with Gasteiger partial charge in [-0.15, -0.1) is 0 Å². The summed E-state index contributed by atoms with van der Waals surface area (Å²) in [6.45, 7) is 2.71. The van der Waals surface area contributed by atoms with Crippen molar-refractivity contribution in [3.05, 3.63) is 64.7 Å². The van der Waals surface area contributed by atoms with Crippen LogP contribution in [0.4, 0.5) is 5.69 Å². The van der Waals surface area contributed by atoms with Crippen LogP contribution >= 0.6 is 11.6 Å². The predicted octanol–water partition coefficient (Wildman–Crippen LogP) is 4.17. The molecule has 1 aliphatic carbocycles. The number of hydrogen-bond donors (Lipinski definition) is 1. The highest BCUT2D eigenvalue weighted by atomic mass is 35.5. The quantitative estimate of drug-likeness (QED) is 0.425. The third-order valence-corrected chi connectivity index (χ3v) is 8.12. The Balaban J connectivity index is 1.95. The molecule has 0 bridgehead atoms. The first-order valence-corrected chi connectivity index (χ1v) is 14.7. The lowest BCUT2D eigenvalue weighted by atomic mass is 10.1. The molecular formula is C27H34ClN3O5S. The summed E-state index contributed by atoms with van der Waals surface area (Å²) in [5.41, 5.74) is 1.17. The lowest BCUT2D eigenvalue weighted by Crippen LogP contribution is -2.53. The molecule has 2 amide bonds. The molecule has 1 atom stereocenters. The zero-order valence-corrected chi connectivity index (χ0v) is 23.0. The summed E-state index contributed by atoms with van der Waals surface area (Å²) in [5.74, 6) is -1.04. The zero-order valence-electron chi connectivity index (χ0n) is 21.4. The number of halogens is 1. The number of nitrogens with zero attached hydrogens (tertiary/aromatic N) is 2. The number of carbonyl (C=O) groups excluding carboxylic acids is 3. The number of hydrogen-bond acceptors (Lipinski definition) is 5. The maximum Gasteiger partial charge on any atom is 0.244 e. The van der Waals surface area contributed by atoms with Crippen LogP contribution in [0.2, 0.25) is 5.02 Å². The van der Waals surface area contributed by atoms with Gasteiger partial charge in [-0.25, -0.2) is 8.42 Å². The van der Waals surface area contributed by atoms with Crippen LogP contribution in [0.1, 0.15) is 61.9 Å². The van der Waals surface area contributed by atoms with E-state index in [0.717, 1.165) is 36.2 Å². The number of ketones is 1. The molecule has 3 rings (SSSR count). The largest absolute Gasteiger partial charge is 0.352 e. The molecule has 8 nitrogen and oxygen atoms in total. The minimum absolute atomic E-state index is 0.0419. The Bertz CT molecular complexity index is 1240. The highest BCUT2D eigenvalue weighted by Gasteiger charge is 2.33. The molecule has 1 N–H and O–H groups in total. The smallest absolute Gasteiger partial charge is 0.244 e. The second kappa shape index (κ2) is 12.6. The van der Waals surface area contributed by atoms with Crippen molar-refractivity contribution in [1.82, 2.24) is 10.2 Å². The maximum atomic E-state index is 13.8. The Morgan fingerprint density at radius 1 is 1.08 bits per heavy atom. The van der Waals surface area contributed by atoms with Crippen LogP contribution in [0.25, 0.3) is 0 Å². The van der Waals surface area contributed by atoms with E-state index in [0.29, 0.717) is 22.6 Å². The van der Waals surface area contributed by atoms with Gasteiger partial charge >= 0.3 is 0 Å². The van der Waals surface area contributed by atoms with E-state index >= 15 is 0 Å². The molecule has 0 spiro atoms. The van der Waals surface area contributed by atoms with Crippen molar-refractivity contribution in [2.75, 3.05) is 17.1 Å². The van der Waals surface area contributed by atoms with Crippen LogP contribution in [0.15, 0.2) is 48.5 Å². The van der Waals surface area contributed by atoms with Crippen molar-refractivity contribution < 1.29 is 22.8 Å². The van der Waals surface area contributed by atoms with Gasteiger partial charge in [0.1, 0.15) is 12.6 Å². The molecular weight excluding hydrogens is 514 g/mol. The fourth-order valence-corrected chi connectivity index (χ4v) is 5.63. The van der Waals surface area contributed by atoms with Gasteiger partial charge in [0.15, 0.2) is 5.78 Å². The molecule has 1 aliphatic rings. The van der Waals surface area contributed by atoms with Crippen LogP contribution in [0, 0.1) is 0 Å². The van der Waals surface area contributed by atoms with Gasteiger partial charge in [0.05, 0.1) is 11.9 Å². The highest BCUT2D eigenvalue weighted by molar-refractivity contribution is 7.92. The number of anilines is 1. The van der Waals surface area contributed by atoms with Crippen molar-refractivity contribution in [2.24, 2.45) is 0 Å². The minimum Gasteiger partial charge on any atom is -0.352 e. The van der Waals surface area contributed by atoms with Gasteiger partial charge in [-0.1, -0.05) is 61.7 Å². The number of nitrogens with one attached hydrogen (secondary N) is 1. The van der Waals surface area contributed by atoms with Crippen LogP contribution in [-0.2, 0) is 26.2 Å². The highest BCUT2D eigenvalue weighted by Crippen LogP contribution is 2.24. The summed E-state index contributed by atoms with van der Waals surface area (Å²) in [4.78, 5) is 40.4. The van der Waals surface area contributed by atoms with Crippen molar-refractivity contribution in [3.8, 4) is 0 Å². The van der Waals surface area contributed by atoms with Crippen LogP contribution in [0.3, 0.4) is 0 Å². The minimum atomic E-state index is -3.89. The average Bonchev–Trinajstić information content (AvgIpc) is 3.35. The van der Waals surface area contributed by atoms with E-state index in [-0.39, 0.29) is 30.0 Å². The van der Waals surface area contributed by atoms with Gasteiger partial charge in [-0.05, 0) is 49.9 Å². The second-order valence-corrected chi connectivity index (χ2v) is 11.7. The van der Waals surface area contributed by atoms with Crippen molar-refractivity contribution >= 4 is 44.9 Å². The van der Waals surface area contributed by atoms with Gasteiger partial charge in [0.25, 0.3) is 0 Å². The average molecular weight is 548 g/mol. The Morgan fingerprint density at radius 3 is 2.35 bits per heavy atom. The van der Waals surface area contributed by atoms with E-state index in [9.17, 15) is 22.8 Å². The van der Waals surface area contributed by atoms with E-state index < -0.39 is 28.5 Å². The number of sulfonamides is 1. The molecule has 200 valence electrons.